The van der Waals surface area contributed by atoms with Crippen molar-refractivity contribution in [3.63, 3.8) is 0 Å². The van der Waals surface area contributed by atoms with E-state index in [4.69, 9.17) is 0 Å². The average Bonchev–Trinajstić information content (AvgIpc) is 2.92. The van der Waals surface area contributed by atoms with Crippen molar-refractivity contribution in [1.29, 1.82) is 0 Å². The highest BCUT2D eigenvalue weighted by Gasteiger charge is 2.44. The maximum Gasteiger partial charge on any atom is 0.223 e. The minimum Gasteiger partial charge on any atom is -0.748 e. The van der Waals surface area contributed by atoms with E-state index in [-0.39, 0.29) is 17.1 Å². The predicted molar refractivity (Wildman–Crippen MR) is 122 cm³/mol. The normalized spacial score (nSPS) is 15.1. The molecule has 166 valence electrons. The van der Waals surface area contributed by atoms with Gasteiger partial charge in [-0.05, 0) is 32.4 Å². The van der Waals surface area contributed by atoms with Crippen LogP contribution >= 0.6 is 0 Å². The molecule has 1 aliphatic rings. The fraction of sp³-hybridized carbons (Fsp3) is 0.417. The number of amides is 1. The Kier molecular flexibility index (Phi) is 6.96. The first-order valence-electron chi connectivity index (χ1n) is 10.6. The van der Waals surface area contributed by atoms with Crippen LogP contribution in [0.3, 0.4) is 0 Å². The van der Waals surface area contributed by atoms with Crippen LogP contribution in [0.4, 0.5) is 11.4 Å². The third-order valence-electron chi connectivity index (χ3n) is 5.96. The quantitative estimate of drug-likeness (QED) is 0.336. The molecule has 0 spiro atoms. The summed E-state index contributed by atoms with van der Waals surface area (Å²) in [6.45, 7) is 7.13. The fourth-order valence-corrected chi connectivity index (χ4v) is 4.98. The number of nitrogens with zero attached hydrogens (tertiary/aromatic N) is 2. The minimum atomic E-state index is -4.20. The van der Waals surface area contributed by atoms with Crippen LogP contribution in [0.25, 0.3) is 0 Å². The molecule has 0 saturated carbocycles. The summed E-state index contributed by atoms with van der Waals surface area (Å²) in [6.07, 6.45) is 1.63. The Bertz CT molecular complexity index is 1080. The molecule has 1 aliphatic heterocycles. The SMILES string of the molecule is CC(=O)N(CCC1=[N+](CCCCS(=O)(=O)[O-])c2ccccc2C1(C)C)c1ccccc1. The second-order valence-corrected chi connectivity index (χ2v) is 9.99. The molecule has 3 rings (SSSR count). The molecule has 0 aromatic heterocycles. The van der Waals surface area contributed by atoms with Crippen LogP contribution in [0, 0.1) is 0 Å². The highest BCUT2D eigenvalue weighted by Crippen LogP contribution is 2.40. The summed E-state index contributed by atoms with van der Waals surface area (Å²) in [6, 6.07) is 17.9. The third kappa shape index (κ3) is 5.40. The van der Waals surface area contributed by atoms with E-state index in [0.717, 1.165) is 11.4 Å². The molecule has 0 saturated heterocycles. The van der Waals surface area contributed by atoms with Gasteiger partial charge in [-0.3, -0.25) is 4.79 Å². The molecule has 1 amide bonds. The van der Waals surface area contributed by atoms with Crippen LogP contribution in [0.15, 0.2) is 54.6 Å². The maximum absolute atomic E-state index is 12.3. The summed E-state index contributed by atoms with van der Waals surface area (Å²) in [5.41, 5.74) is 4.19. The largest absolute Gasteiger partial charge is 0.748 e. The van der Waals surface area contributed by atoms with Crippen molar-refractivity contribution in [3.8, 4) is 0 Å². The molecular formula is C24H30N2O4S. The second-order valence-electron chi connectivity index (χ2n) is 8.47. The van der Waals surface area contributed by atoms with Crippen molar-refractivity contribution in [2.45, 2.75) is 45.4 Å². The monoisotopic (exact) mass is 442 g/mol. The highest BCUT2D eigenvalue weighted by atomic mass is 32.2. The summed E-state index contributed by atoms with van der Waals surface area (Å²) in [5.74, 6) is -0.347. The Morgan fingerprint density at radius 2 is 1.68 bits per heavy atom. The zero-order valence-electron chi connectivity index (χ0n) is 18.4. The molecule has 0 N–H and O–H groups in total. The van der Waals surface area contributed by atoms with Crippen molar-refractivity contribution >= 4 is 33.1 Å². The van der Waals surface area contributed by atoms with Gasteiger partial charge in [0, 0.05) is 49.4 Å². The van der Waals surface area contributed by atoms with E-state index < -0.39 is 10.1 Å². The van der Waals surface area contributed by atoms with Crippen LogP contribution in [-0.2, 0) is 20.3 Å². The van der Waals surface area contributed by atoms with Crippen LogP contribution in [0.1, 0.15) is 45.6 Å². The van der Waals surface area contributed by atoms with E-state index >= 15 is 0 Å². The van der Waals surface area contributed by atoms with Gasteiger partial charge in [0.25, 0.3) is 0 Å². The molecule has 0 aliphatic carbocycles. The molecule has 0 bridgehead atoms. The molecule has 2 aromatic carbocycles. The topological polar surface area (TPSA) is 80.5 Å². The van der Waals surface area contributed by atoms with Gasteiger partial charge in [0.2, 0.25) is 11.6 Å². The molecule has 1 heterocycles. The van der Waals surface area contributed by atoms with Crippen molar-refractivity contribution in [1.82, 2.24) is 0 Å². The number of carbonyl (C=O) groups excluding carboxylic acids is 1. The van der Waals surface area contributed by atoms with E-state index in [0.29, 0.717) is 32.4 Å². The summed E-state index contributed by atoms with van der Waals surface area (Å²) >= 11 is 0. The number of para-hydroxylation sites is 2. The lowest BCUT2D eigenvalue weighted by Gasteiger charge is -2.23. The number of benzene rings is 2. The molecule has 0 radical (unpaired) electrons. The van der Waals surface area contributed by atoms with Gasteiger partial charge in [-0.25, -0.2) is 8.42 Å². The van der Waals surface area contributed by atoms with E-state index in [1.165, 1.54) is 11.3 Å². The molecule has 7 heteroatoms. The number of anilines is 1. The summed E-state index contributed by atoms with van der Waals surface area (Å²) < 4.78 is 35.1. The van der Waals surface area contributed by atoms with E-state index in [9.17, 15) is 17.8 Å². The van der Waals surface area contributed by atoms with E-state index in [2.05, 4.69) is 30.6 Å². The molecule has 2 aromatic rings. The van der Waals surface area contributed by atoms with Gasteiger partial charge >= 0.3 is 0 Å². The lowest BCUT2D eigenvalue weighted by molar-refractivity contribution is -0.440. The van der Waals surface area contributed by atoms with Crippen molar-refractivity contribution in [3.05, 3.63) is 60.2 Å². The van der Waals surface area contributed by atoms with Crippen molar-refractivity contribution < 1.29 is 22.3 Å². The Labute approximate surface area is 185 Å². The van der Waals surface area contributed by atoms with Gasteiger partial charge in [-0.2, -0.15) is 4.58 Å². The van der Waals surface area contributed by atoms with Gasteiger partial charge in [-0.15, -0.1) is 0 Å². The fourth-order valence-electron chi connectivity index (χ4n) is 4.42. The average molecular weight is 443 g/mol. The van der Waals surface area contributed by atoms with E-state index in [1.807, 2.05) is 42.5 Å². The highest BCUT2D eigenvalue weighted by molar-refractivity contribution is 7.85. The Morgan fingerprint density at radius 3 is 2.32 bits per heavy atom. The third-order valence-corrected chi connectivity index (χ3v) is 6.75. The van der Waals surface area contributed by atoms with E-state index in [1.54, 1.807) is 11.8 Å². The molecule has 0 unspecified atom stereocenters. The van der Waals surface area contributed by atoms with Crippen LogP contribution in [-0.4, -0.2) is 48.0 Å². The number of fused-ring (bicyclic) bond motifs is 1. The first-order chi connectivity index (χ1) is 14.6. The van der Waals surface area contributed by atoms with Crippen LogP contribution in [0.2, 0.25) is 0 Å². The van der Waals surface area contributed by atoms with Gasteiger partial charge < -0.3 is 9.45 Å². The van der Waals surface area contributed by atoms with Gasteiger partial charge in [0.15, 0.2) is 5.71 Å². The first-order valence-corrected chi connectivity index (χ1v) is 12.2. The van der Waals surface area contributed by atoms with Gasteiger partial charge in [0.05, 0.1) is 15.5 Å². The number of rotatable bonds is 9. The summed E-state index contributed by atoms with van der Waals surface area (Å²) in [5, 5.41) is 0. The number of carbonyl (C=O) groups is 1. The maximum atomic E-state index is 12.3. The Hall–Kier alpha value is -2.51. The zero-order chi connectivity index (χ0) is 22.6. The van der Waals surface area contributed by atoms with Crippen molar-refractivity contribution in [2.24, 2.45) is 0 Å². The summed E-state index contributed by atoms with van der Waals surface area (Å²) in [7, 11) is -4.20. The molecule has 0 fully saturated rings. The zero-order valence-corrected chi connectivity index (χ0v) is 19.2. The van der Waals surface area contributed by atoms with Gasteiger partial charge in [-0.1, -0.05) is 36.4 Å². The van der Waals surface area contributed by atoms with Gasteiger partial charge in [0.1, 0.15) is 6.54 Å². The molecule has 6 nitrogen and oxygen atoms in total. The predicted octanol–water partition coefficient (Wildman–Crippen LogP) is 3.83. The van der Waals surface area contributed by atoms with Crippen molar-refractivity contribution in [2.75, 3.05) is 23.7 Å². The summed E-state index contributed by atoms with van der Waals surface area (Å²) in [4.78, 5) is 14.1. The number of hydrogen-bond donors (Lipinski definition) is 0. The van der Waals surface area contributed by atoms with Crippen LogP contribution < -0.4 is 4.90 Å². The lowest BCUT2D eigenvalue weighted by Crippen LogP contribution is -2.36. The Balaban J connectivity index is 1.86. The standard InChI is InChI=1S/C24H30N2O4S/c1-19(27)25(20-11-5-4-6-12-20)17-15-23-24(2,3)21-13-7-8-14-22(21)26(23)16-9-10-18-31(28,29)30/h4-8,11-14H,9-10,15-18H2,1-3H3. The Morgan fingerprint density at radius 1 is 1.03 bits per heavy atom. The number of hydrogen-bond acceptors (Lipinski definition) is 4. The lowest BCUT2D eigenvalue weighted by atomic mass is 9.80. The number of unbranched alkanes of at least 4 members (excludes halogenated alkanes) is 1. The minimum absolute atomic E-state index is 0.00711. The van der Waals surface area contributed by atoms with Crippen LogP contribution in [0.5, 0.6) is 0 Å². The second kappa shape index (κ2) is 9.32. The first kappa shape index (κ1) is 23.2. The molecule has 31 heavy (non-hydrogen) atoms. The molecular weight excluding hydrogens is 412 g/mol. The molecule has 0 atom stereocenters. The smallest absolute Gasteiger partial charge is 0.223 e.